The van der Waals surface area contributed by atoms with Crippen molar-refractivity contribution in [1.29, 1.82) is 0 Å². The Morgan fingerprint density at radius 3 is 3.07 bits per heavy atom. The molecular formula is C8H8BrN5O. The molecule has 2 aromatic heterocycles. The van der Waals surface area contributed by atoms with Crippen molar-refractivity contribution in [2.24, 2.45) is 0 Å². The number of nitrogen functional groups attached to an aromatic ring is 1. The Morgan fingerprint density at radius 1 is 1.67 bits per heavy atom. The molecule has 1 amide bonds. The fraction of sp³-hybridized carbons (Fsp3) is 0.125. The van der Waals surface area contributed by atoms with Crippen LogP contribution in [0.3, 0.4) is 0 Å². The van der Waals surface area contributed by atoms with Crippen LogP contribution in [0, 0.1) is 0 Å². The number of rotatable bonds is 1. The number of halogens is 1. The van der Waals surface area contributed by atoms with Gasteiger partial charge in [-0.1, -0.05) is 0 Å². The highest BCUT2D eigenvalue weighted by atomic mass is 79.9. The first-order valence-corrected chi connectivity index (χ1v) is 4.94. The third-order valence-electron chi connectivity index (χ3n) is 1.97. The molecule has 78 valence electrons. The second kappa shape index (κ2) is 3.50. The van der Waals surface area contributed by atoms with E-state index in [4.69, 9.17) is 5.73 Å². The van der Waals surface area contributed by atoms with Crippen LogP contribution in [0.5, 0.6) is 0 Å². The lowest BCUT2D eigenvalue weighted by atomic mass is 10.5. The van der Waals surface area contributed by atoms with E-state index in [0.29, 0.717) is 15.9 Å². The van der Waals surface area contributed by atoms with E-state index in [1.807, 2.05) is 0 Å². The van der Waals surface area contributed by atoms with Crippen LogP contribution in [0.4, 0.5) is 5.82 Å². The van der Waals surface area contributed by atoms with Gasteiger partial charge in [-0.2, -0.15) is 0 Å². The van der Waals surface area contributed by atoms with E-state index in [1.165, 1.54) is 6.20 Å². The van der Waals surface area contributed by atoms with Gasteiger partial charge in [0.1, 0.15) is 10.1 Å². The first-order valence-electron chi connectivity index (χ1n) is 4.15. The van der Waals surface area contributed by atoms with E-state index in [-0.39, 0.29) is 11.7 Å². The first kappa shape index (κ1) is 9.91. The zero-order chi connectivity index (χ0) is 11.0. The second-order valence-corrected chi connectivity index (χ2v) is 3.59. The summed E-state index contributed by atoms with van der Waals surface area (Å²) < 4.78 is 2.09. The molecule has 6 nitrogen and oxygen atoms in total. The molecule has 0 aliphatic carbocycles. The molecule has 15 heavy (non-hydrogen) atoms. The quantitative estimate of drug-likeness (QED) is 0.787. The molecule has 0 bridgehead atoms. The molecule has 0 saturated heterocycles. The number of fused-ring (bicyclic) bond motifs is 1. The fourth-order valence-electron chi connectivity index (χ4n) is 1.29. The minimum atomic E-state index is -0.277. The topological polar surface area (TPSA) is 85.3 Å². The van der Waals surface area contributed by atoms with Crippen LogP contribution in [0.25, 0.3) is 5.52 Å². The zero-order valence-electron chi connectivity index (χ0n) is 7.86. The molecule has 2 heterocycles. The van der Waals surface area contributed by atoms with E-state index in [1.54, 1.807) is 17.6 Å². The average Bonchev–Trinajstić information content (AvgIpc) is 2.56. The lowest BCUT2D eigenvalue weighted by molar-refractivity contribution is 0.0952. The molecule has 0 spiro atoms. The van der Waals surface area contributed by atoms with E-state index < -0.39 is 0 Å². The average molecular weight is 270 g/mol. The predicted molar refractivity (Wildman–Crippen MR) is 58.5 cm³/mol. The van der Waals surface area contributed by atoms with Gasteiger partial charge in [-0.25, -0.2) is 9.97 Å². The van der Waals surface area contributed by atoms with Crippen LogP contribution in [0.2, 0.25) is 0 Å². The van der Waals surface area contributed by atoms with Crippen LogP contribution in [0.15, 0.2) is 17.0 Å². The number of amides is 1. The maximum atomic E-state index is 11.5. The van der Waals surface area contributed by atoms with Crippen LogP contribution in [-0.2, 0) is 0 Å². The molecule has 7 heteroatoms. The largest absolute Gasteiger partial charge is 0.382 e. The molecular weight excluding hydrogens is 262 g/mol. The molecule has 3 N–H and O–H groups in total. The van der Waals surface area contributed by atoms with Gasteiger partial charge >= 0.3 is 0 Å². The van der Waals surface area contributed by atoms with Crippen molar-refractivity contribution in [3.8, 4) is 0 Å². The molecule has 2 rings (SSSR count). The summed E-state index contributed by atoms with van der Waals surface area (Å²) in [6.45, 7) is 0. The molecule has 0 aliphatic rings. The smallest absolute Gasteiger partial charge is 0.287 e. The number of nitrogens with one attached hydrogen (secondary N) is 1. The van der Waals surface area contributed by atoms with Gasteiger partial charge in [0.15, 0.2) is 5.82 Å². The molecule has 0 aromatic carbocycles. The molecule has 2 aromatic rings. The highest BCUT2D eigenvalue weighted by molar-refractivity contribution is 9.10. The minimum absolute atomic E-state index is 0.272. The number of imidazole rings is 1. The lowest BCUT2D eigenvalue weighted by Gasteiger charge is -2.00. The molecule has 0 atom stereocenters. The Balaban J connectivity index is 2.79. The highest BCUT2D eigenvalue weighted by Gasteiger charge is 2.16. The van der Waals surface area contributed by atoms with E-state index in [0.717, 1.165) is 0 Å². The summed E-state index contributed by atoms with van der Waals surface area (Å²) in [5.41, 5.74) is 6.27. The van der Waals surface area contributed by atoms with E-state index in [2.05, 4.69) is 31.2 Å². The van der Waals surface area contributed by atoms with Crippen molar-refractivity contribution in [3.63, 3.8) is 0 Å². The fourth-order valence-corrected chi connectivity index (χ4v) is 1.85. The molecule has 0 unspecified atom stereocenters. The highest BCUT2D eigenvalue weighted by Crippen LogP contribution is 2.22. The summed E-state index contributed by atoms with van der Waals surface area (Å²) in [5, 5.41) is 2.50. The van der Waals surface area contributed by atoms with Crippen LogP contribution >= 0.6 is 15.9 Å². The van der Waals surface area contributed by atoms with Crippen LogP contribution in [0.1, 0.15) is 10.6 Å². The monoisotopic (exact) mass is 269 g/mol. The van der Waals surface area contributed by atoms with Crippen molar-refractivity contribution in [3.05, 3.63) is 22.8 Å². The number of anilines is 1. The van der Waals surface area contributed by atoms with Gasteiger partial charge in [0.05, 0.1) is 0 Å². The van der Waals surface area contributed by atoms with Crippen LogP contribution in [-0.4, -0.2) is 27.3 Å². The lowest BCUT2D eigenvalue weighted by Crippen LogP contribution is -2.20. The number of nitrogens with two attached hydrogens (primary N) is 1. The summed E-state index contributed by atoms with van der Waals surface area (Å²) >= 11 is 3.23. The Kier molecular flexibility index (Phi) is 2.31. The number of hydrogen-bond donors (Lipinski definition) is 2. The van der Waals surface area contributed by atoms with Crippen molar-refractivity contribution in [2.45, 2.75) is 0 Å². The molecule has 0 saturated carbocycles. The van der Waals surface area contributed by atoms with Gasteiger partial charge in [-0.3, -0.25) is 9.20 Å². The Hall–Kier alpha value is -1.63. The van der Waals surface area contributed by atoms with Crippen molar-refractivity contribution in [1.82, 2.24) is 19.7 Å². The summed E-state index contributed by atoms with van der Waals surface area (Å²) in [6, 6.07) is 0. The van der Waals surface area contributed by atoms with Gasteiger partial charge in [-0.15, -0.1) is 0 Å². The number of aromatic nitrogens is 3. The summed E-state index contributed by atoms with van der Waals surface area (Å²) in [5.74, 6) is 0.321. The molecule has 0 fully saturated rings. The van der Waals surface area contributed by atoms with Crippen molar-refractivity contribution >= 4 is 33.2 Å². The third-order valence-corrected chi connectivity index (χ3v) is 2.52. The maximum Gasteiger partial charge on any atom is 0.287 e. The minimum Gasteiger partial charge on any atom is -0.382 e. The molecule has 0 aliphatic heterocycles. The Labute approximate surface area is 93.6 Å². The third kappa shape index (κ3) is 1.44. The zero-order valence-corrected chi connectivity index (χ0v) is 9.45. The van der Waals surface area contributed by atoms with Crippen LogP contribution < -0.4 is 11.1 Å². The van der Waals surface area contributed by atoms with Gasteiger partial charge in [0.2, 0.25) is 5.82 Å². The SMILES string of the molecule is CNC(=O)c1nc(Br)c2c(N)nccn12. The Bertz CT molecular complexity index is 535. The second-order valence-electron chi connectivity index (χ2n) is 2.84. The normalized spacial score (nSPS) is 10.5. The molecule has 0 radical (unpaired) electrons. The number of hydrogen-bond acceptors (Lipinski definition) is 4. The standard InChI is InChI=1S/C8H8BrN5O/c1-11-8(15)7-13-5(9)4-6(10)12-2-3-14(4)7/h2-3H,1H3,(H2,10,12)(H,11,15). The number of carbonyl (C=O) groups excluding carboxylic acids is 1. The summed E-state index contributed by atoms with van der Waals surface area (Å²) in [7, 11) is 1.54. The summed E-state index contributed by atoms with van der Waals surface area (Å²) in [4.78, 5) is 19.5. The predicted octanol–water partition coefficient (Wildman–Crippen LogP) is 0.434. The van der Waals surface area contributed by atoms with Crippen molar-refractivity contribution in [2.75, 3.05) is 12.8 Å². The summed E-state index contributed by atoms with van der Waals surface area (Å²) in [6.07, 6.45) is 3.15. The van der Waals surface area contributed by atoms with Crippen molar-refractivity contribution < 1.29 is 4.79 Å². The number of nitrogens with zero attached hydrogens (tertiary/aromatic N) is 3. The number of carbonyl (C=O) groups is 1. The first-order chi connectivity index (χ1) is 7.15. The van der Waals surface area contributed by atoms with E-state index >= 15 is 0 Å². The van der Waals surface area contributed by atoms with E-state index in [9.17, 15) is 4.79 Å². The van der Waals surface area contributed by atoms with Gasteiger partial charge in [0.25, 0.3) is 5.91 Å². The van der Waals surface area contributed by atoms with Gasteiger partial charge in [-0.05, 0) is 15.9 Å². The van der Waals surface area contributed by atoms with Gasteiger partial charge in [0, 0.05) is 19.4 Å². The Morgan fingerprint density at radius 2 is 2.40 bits per heavy atom. The maximum absolute atomic E-state index is 11.5. The van der Waals surface area contributed by atoms with Gasteiger partial charge < -0.3 is 11.1 Å².